The molecular formula is C11H19NO2. The third kappa shape index (κ3) is 2.86. The summed E-state index contributed by atoms with van der Waals surface area (Å²) in [5, 5.41) is 12.3. The van der Waals surface area contributed by atoms with Crippen LogP contribution in [0.5, 0.6) is 0 Å². The second kappa shape index (κ2) is 5.17. The maximum absolute atomic E-state index is 9.03. The van der Waals surface area contributed by atoms with Gasteiger partial charge < -0.3 is 14.8 Å². The predicted molar refractivity (Wildman–Crippen MR) is 56.2 cm³/mol. The largest absolute Gasteiger partial charge is 0.465 e. The molecular weight excluding hydrogens is 178 g/mol. The van der Waals surface area contributed by atoms with Crippen LogP contribution in [0.25, 0.3) is 0 Å². The Balaban J connectivity index is 2.53. The van der Waals surface area contributed by atoms with Crippen LogP contribution in [0.2, 0.25) is 0 Å². The summed E-state index contributed by atoms with van der Waals surface area (Å²) in [5.74, 6) is 1.85. The van der Waals surface area contributed by atoms with Crippen LogP contribution in [0.4, 0.5) is 0 Å². The van der Waals surface area contributed by atoms with Gasteiger partial charge in [-0.3, -0.25) is 0 Å². The fourth-order valence-corrected chi connectivity index (χ4v) is 1.42. The Kier molecular flexibility index (Phi) is 4.17. The van der Waals surface area contributed by atoms with E-state index in [1.165, 1.54) is 0 Å². The molecule has 0 radical (unpaired) electrons. The Hall–Kier alpha value is -0.800. The van der Waals surface area contributed by atoms with Crippen molar-refractivity contribution >= 4 is 0 Å². The van der Waals surface area contributed by atoms with Crippen molar-refractivity contribution in [3.05, 3.63) is 23.7 Å². The lowest BCUT2D eigenvalue weighted by molar-refractivity contribution is 0.225. The first-order valence-electron chi connectivity index (χ1n) is 5.10. The Morgan fingerprint density at radius 2 is 2.21 bits per heavy atom. The third-order valence-electron chi connectivity index (χ3n) is 2.39. The van der Waals surface area contributed by atoms with Crippen molar-refractivity contribution in [1.29, 1.82) is 0 Å². The average Bonchev–Trinajstić information content (AvgIpc) is 2.61. The smallest absolute Gasteiger partial charge is 0.120 e. The molecule has 0 amide bonds. The number of hydrogen-bond acceptors (Lipinski definition) is 3. The van der Waals surface area contributed by atoms with Gasteiger partial charge in [-0.2, -0.15) is 0 Å². The predicted octanol–water partition coefficient (Wildman–Crippen LogP) is 2.01. The summed E-state index contributed by atoms with van der Waals surface area (Å²) in [7, 11) is 0. The third-order valence-corrected chi connectivity index (χ3v) is 2.39. The van der Waals surface area contributed by atoms with Gasteiger partial charge in [0.2, 0.25) is 0 Å². The van der Waals surface area contributed by atoms with E-state index in [1.807, 2.05) is 32.9 Å². The van der Waals surface area contributed by atoms with Crippen LogP contribution < -0.4 is 5.32 Å². The highest BCUT2D eigenvalue weighted by molar-refractivity contribution is 5.09. The van der Waals surface area contributed by atoms with Crippen molar-refractivity contribution in [3.8, 4) is 0 Å². The fourth-order valence-electron chi connectivity index (χ4n) is 1.42. The van der Waals surface area contributed by atoms with Crippen molar-refractivity contribution in [2.75, 3.05) is 6.61 Å². The zero-order valence-electron chi connectivity index (χ0n) is 9.08. The molecule has 80 valence electrons. The normalized spacial score (nSPS) is 15.4. The molecule has 0 aliphatic carbocycles. The van der Waals surface area contributed by atoms with Crippen LogP contribution in [0.3, 0.4) is 0 Å². The van der Waals surface area contributed by atoms with E-state index in [9.17, 15) is 0 Å². The topological polar surface area (TPSA) is 45.4 Å². The molecule has 2 N–H and O–H groups in total. The van der Waals surface area contributed by atoms with Crippen molar-refractivity contribution in [2.24, 2.45) is 0 Å². The maximum atomic E-state index is 9.03. The highest BCUT2D eigenvalue weighted by Crippen LogP contribution is 2.16. The van der Waals surface area contributed by atoms with Crippen LogP contribution >= 0.6 is 0 Å². The average molecular weight is 197 g/mol. The fraction of sp³-hybridized carbons (Fsp3) is 0.636. The van der Waals surface area contributed by atoms with E-state index in [0.717, 1.165) is 17.9 Å². The van der Waals surface area contributed by atoms with Crippen molar-refractivity contribution < 1.29 is 9.52 Å². The van der Waals surface area contributed by atoms with E-state index in [4.69, 9.17) is 9.52 Å². The quantitative estimate of drug-likeness (QED) is 0.759. The summed E-state index contributed by atoms with van der Waals surface area (Å²) in [6.45, 7) is 6.19. The van der Waals surface area contributed by atoms with Crippen molar-refractivity contribution in [2.45, 2.75) is 39.3 Å². The van der Waals surface area contributed by atoms with Crippen LogP contribution in [0.1, 0.15) is 37.8 Å². The number of rotatable bonds is 5. The molecule has 1 heterocycles. The number of aliphatic hydroxyl groups excluding tert-OH is 1. The summed E-state index contributed by atoms with van der Waals surface area (Å²) in [4.78, 5) is 0. The monoisotopic (exact) mass is 197 g/mol. The summed E-state index contributed by atoms with van der Waals surface area (Å²) in [6, 6.07) is 4.22. The number of aryl methyl sites for hydroxylation is 1. The zero-order valence-corrected chi connectivity index (χ0v) is 9.08. The zero-order chi connectivity index (χ0) is 10.6. The molecule has 0 fully saturated rings. The van der Waals surface area contributed by atoms with E-state index in [-0.39, 0.29) is 18.7 Å². The molecule has 0 saturated carbocycles. The first kappa shape index (κ1) is 11.3. The van der Waals surface area contributed by atoms with Crippen LogP contribution in [-0.2, 0) is 0 Å². The van der Waals surface area contributed by atoms with Gasteiger partial charge in [0.15, 0.2) is 0 Å². The molecule has 1 aromatic rings. The van der Waals surface area contributed by atoms with E-state index < -0.39 is 0 Å². The van der Waals surface area contributed by atoms with Crippen LogP contribution in [0, 0.1) is 6.92 Å². The Labute approximate surface area is 85.1 Å². The molecule has 1 aromatic heterocycles. The van der Waals surface area contributed by atoms with Gasteiger partial charge in [-0.05, 0) is 32.4 Å². The molecule has 0 spiro atoms. The molecule has 0 bridgehead atoms. The summed E-state index contributed by atoms with van der Waals surface area (Å²) in [5.41, 5.74) is 0. The molecule has 0 aliphatic heterocycles. The lowest BCUT2D eigenvalue weighted by Crippen LogP contribution is -2.33. The number of nitrogens with one attached hydrogen (secondary N) is 1. The molecule has 3 heteroatoms. The second-order valence-corrected chi connectivity index (χ2v) is 3.62. The molecule has 0 unspecified atom stereocenters. The van der Waals surface area contributed by atoms with Gasteiger partial charge >= 0.3 is 0 Å². The molecule has 0 aromatic carbocycles. The van der Waals surface area contributed by atoms with E-state index in [1.54, 1.807) is 0 Å². The summed E-state index contributed by atoms with van der Waals surface area (Å²) < 4.78 is 5.49. The molecule has 0 saturated heterocycles. The highest BCUT2D eigenvalue weighted by atomic mass is 16.3. The molecule has 2 atom stereocenters. The molecule has 1 rings (SSSR count). The Morgan fingerprint density at radius 1 is 1.50 bits per heavy atom. The summed E-state index contributed by atoms with van der Waals surface area (Å²) in [6.07, 6.45) is 0.917. The lowest BCUT2D eigenvalue weighted by atomic mass is 10.2. The number of furan rings is 1. The van der Waals surface area contributed by atoms with E-state index in [2.05, 4.69) is 5.32 Å². The Morgan fingerprint density at radius 3 is 2.64 bits per heavy atom. The summed E-state index contributed by atoms with van der Waals surface area (Å²) >= 11 is 0. The van der Waals surface area contributed by atoms with Gasteiger partial charge in [-0.1, -0.05) is 6.92 Å². The SMILES string of the molecule is CC[C@@H](CO)N[C@H](C)c1ccc(C)o1. The van der Waals surface area contributed by atoms with Crippen molar-refractivity contribution in [3.63, 3.8) is 0 Å². The molecule has 14 heavy (non-hydrogen) atoms. The first-order chi connectivity index (χ1) is 6.67. The van der Waals surface area contributed by atoms with Gasteiger partial charge in [0.05, 0.1) is 12.6 Å². The van der Waals surface area contributed by atoms with Crippen LogP contribution in [0.15, 0.2) is 16.5 Å². The maximum Gasteiger partial charge on any atom is 0.120 e. The number of aliphatic hydroxyl groups is 1. The van der Waals surface area contributed by atoms with Gasteiger partial charge in [0.25, 0.3) is 0 Å². The standard InChI is InChI=1S/C11H19NO2/c1-4-10(7-13)12-9(3)11-6-5-8(2)14-11/h5-6,9-10,12-13H,4,7H2,1-3H3/t9-,10+/m1/s1. The molecule has 3 nitrogen and oxygen atoms in total. The first-order valence-corrected chi connectivity index (χ1v) is 5.10. The minimum Gasteiger partial charge on any atom is -0.465 e. The van der Waals surface area contributed by atoms with Gasteiger partial charge in [-0.15, -0.1) is 0 Å². The lowest BCUT2D eigenvalue weighted by Gasteiger charge is -2.18. The van der Waals surface area contributed by atoms with Gasteiger partial charge in [-0.25, -0.2) is 0 Å². The minimum atomic E-state index is 0.149. The van der Waals surface area contributed by atoms with Crippen LogP contribution in [-0.4, -0.2) is 17.8 Å². The second-order valence-electron chi connectivity index (χ2n) is 3.62. The minimum absolute atomic E-state index is 0.149. The van der Waals surface area contributed by atoms with Gasteiger partial charge in [0, 0.05) is 6.04 Å². The van der Waals surface area contributed by atoms with E-state index in [0.29, 0.717) is 0 Å². The highest BCUT2D eigenvalue weighted by Gasteiger charge is 2.13. The number of hydrogen-bond donors (Lipinski definition) is 2. The molecule has 0 aliphatic rings. The van der Waals surface area contributed by atoms with Crippen molar-refractivity contribution in [1.82, 2.24) is 5.32 Å². The van der Waals surface area contributed by atoms with Gasteiger partial charge in [0.1, 0.15) is 11.5 Å². The Bertz CT molecular complexity index is 266. The van der Waals surface area contributed by atoms with E-state index >= 15 is 0 Å².